The zero-order chi connectivity index (χ0) is 26.7. The van der Waals surface area contributed by atoms with Crippen LogP contribution in [0.2, 0.25) is 0 Å². The van der Waals surface area contributed by atoms with Crippen LogP contribution in [0.4, 0.5) is 0 Å². The van der Waals surface area contributed by atoms with E-state index in [1.807, 2.05) is 54.3 Å². The molecule has 0 aliphatic heterocycles. The first-order valence-corrected chi connectivity index (χ1v) is 13.7. The summed E-state index contributed by atoms with van der Waals surface area (Å²) in [5.74, 6) is 2.12. The number of oxime groups is 1. The van der Waals surface area contributed by atoms with E-state index < -0.39 is 0 Å². The first kappa shape index (κ1) is 27.2. The molecule has 2 heterocycles. The van der Waals surface area contributed by atoms with Gasteiger partial charge >= 0.3 is 0 Å². The summed E-state index contributed by atoms with van der Waals surface area (Å²) >= 11 is 1.81. The van der Waals surface area contributed by atoms with Crippen LogP contribution in [-0.4, -0.2) is 38.8 Å². The molecule has 2 aromatic heterocycles. The second-order valence-corrected chi connectivity index (χ2v) is 10.4. The second-order valence-electron chi connectivity index (χ2n) is 9.32. The minimum Gasteiger partial charge on any atom is -0.494 e. The fraction of sp³-hybridized carbons (Fsp3) is 0.345. The van der Waals surface area contributed by atoms with Crippen LogP contribution in [0.1, 0.15) is 54.5 Å². The summed E-state index contributed by atoms with van der Waals surface area (Å²) in [6.45, 7) is 6.56. The van der Waals surface area contributed by atoms with Crippen LogP contribution in [0.15, 0.2) is 72.4 Å². The minimum absolute atomic E-state index is 0.0842. The zero-order valence-electron chi connectivity index (χ0n) is 21.9. The van der Waals surface area contributed by atoms with E-state index in [2.05, 4.69) is 40.7 Å². The lowest BCUT2D eigenvalue weighted by atomic mass is 10.1. The summed E-state index contributed by atoms with van der Waals surface area (Å²) in [6.07, 6.45) is 9.50. The van der Waals surface area contributed by atoms with Gasteiger partial charge in [-0.25, -0.2) is 9.97 Å². The summed E-state index contributed by atoms with van der Waals surface area (Å²) < 4.78 is 13.8. The Hall–Kier alpha value is -3.85. The monoisotopic (exact) mass is 533 g/mol. The molecule has 0 amide bonds. The minimum atomic E-state index is 0.0842. The van der Waals surface area contributed by atoms with Crippen molar-refractivity contribution in [3.05, 3.63) is 82.7 Å². The summed E-state index contributed by atoms with van der Waals surface area (Å²) in [5.41, 5.74) is 8.43. The van der Waals surface area contributed by atoms with Crippen LogP contribution in [0.25, 0.3) is 11.3 Å². The standard InChI is InChI=1S/C29H35N5O3S/c1-21(2)29-32-27(26(38-29)14-16-34-17-15-31-20-34)22-6-10-24(11-7-22)36-18-4-3-5-19-37-25-12-8-23(9-13-25)28(30)33-35/h6-13,15,17,20-21,35H,3-5,14,16,18-19H2,1-2H3,(H2,30,33). The number of ether oxygens (including phenoxy) is 2. The van der Waals surface area contributed by atoms with Crippen LogP contribution < -0.4 is 15.2 Å². The number of nitrogens with zero attached hydrogens (tertiary/aromatic N) is 4. The summed E-state index contributed by atoms with van der Waals surface area (Å²) in [6, 6.07) is 15.4. The molecule has 0 fully saturated rings. The van der Waals surface area contributed by atoms with Gasteiger partial charge in [0.25, 0.3) is 0 Å². The molecule has 0 radical (unpaired) electrons. The van der Waals surface area contributed by atoms with Gasteiger partial charge in [-0.1, -0.05) is 19.0 Å². The number of unbranched alkanes of at least 4 members (excludes halogenated alkanes) is 2. The second kappa shape index (κ2) is 13.6. The average molecular weight is 534 g/mol. The van der Waals surface area contributed by atoms with Crippen molar-refractivity contribution in [3.8, 4) is 22.8 Å². The highest BCUT2D eigenvalue weighted by atomic mass is 32.1. The molecule has 0 saturated carbocycles. The van der Waals surface area contributed by atoms with Crippen molar-refractivity contribution in [2.24, 2.45) is 10.9 Å². The molecular formula is C29H35N5O3S. The van der Waals surface area contributed by atoms with Crippen molar-refractivity contribution in [1.29, 1.82) is 0 Å². The van der Waals surface area contributed by atoms with Gasteiger partial charge in [-0.2, -0.15) is 0 Å². The van der Waals surface area contributed by atoms with Gasteiger partial charge in [0.2, 0.25) is 0 Å². The number of imidazole rings is 1. The van der Waals surface area contributed by atoms with E-state index >= 15 is 0 Å². The Labute approximate surface area is 227 Å². The van der Waals surface area contributed by atoms with E-state index in [4.69, 9.17) is 25.4 Å². The van der Waals surface area contributed by atoms with Gasteiger partial charge in [0, 0.05) is 47.3 Å². The number of nitrogens with two attached hydrogens (primary N) is 1. The highest BCUT2D eigenvalue weighted by Gasteiger charge is 2.15. The van der Waals surface area contributed by atoms with E-state index in [9.17, 15) is 0 Å². The summed E-state index contributed by atoms with van der Waals surface area (Å²) in [4.78, 5) is 10.4. The lowest BCUT2D eigenvalue weighted by molar-refractivity contribution is 0.279. The van der Waals surface area contributed by atoms with Crippen LogP contribution in [0.3, 0.4) is 0 Å². The maximum absolute atomic E-state index is 8.72. The van der Waals surface area contributed by atoms with Gasteiger partial charge in [-0.05, 0) is 67.8 Å². The molecular weight excluding hydrogens is 498 g/mol. The van der Waals surface area contributed by atoms with Crippen LogP contribution in [-0.2, 0) is 13.0 Å². The third-order valence-electron chi connectivity index (χ3n) is 6.08. The molecule has 8 nitrogen and oxygen atoms in total. The number of hydrogen-bond donors (Lipinski definition) is 2. The molecule has 0 atom stereocenters. The number of aryl methyl sites for hydroxylation is 2. The molecule has 0 unspecified atom stereocenters. The van der Waals surface area contributed by atoms with Crippen LogP contribution in [0.5, 0.6) is 11.5 Å². The van der Waals surface area contributed by atoms with Crippen molar-refractivity contribution in [1.82, 2.24) is 14.5 Å². The normalized spacial score (nSPS) is 11.7. The molecule has 2 aromatic carbocycles. The average Bonchev–Trinajstić information content (AvgIpc) is 3.62. The quantitative estimate of drug-likeness (QED) is 0.0667. The van der Waals surface area contributed by atoms with Gasteiger partial charge in [0.05, 0.1) is 30.2 Å². The first-order chi connectivity index (χ1) is 18.5. The summed E-state index contributed by atoms with van der Waals surface area (Å²) in [5, 5.41) is 12.9. The molecule has 4 rings (SSSR count). The van der Waals surface area contributed by atoms with E-state index in [1.54, 1.807) is 12.1 Å². The number of rotatable bonds is 14. The maximum Gasteiger partial charge on any atom is 0.170 e. The van der Waals surface area contributed by atoms with Gasteiger partial charge in [-0.15, -0.1) is 11.3 Å². The van der Waals surface area contributed by atoms with Crippen molar-refractivity contribution >= 4 is 17.2 Å². The van der Waals surface area contributed by atoms with E-state index in [1.165, 1.54) is 9.88 Å². The van der Waals surface area contributed by atoms with Gasteiger partial charge < -0.3 is 25.0 Å². The molecule has 0 aliphatic carbocycles. The highest BCUT2D eigenvalue weighted by Crippen LogP contribution is 2.33. The van der Waals surface area contributed by atoms with Crippen LogP contribution >= 0.6 is 11.3 Å². The lowest BCUT2D eigenvalue weighted by Gasteiger charge is -2.09. The summed E-state index contributed by atoms with van der Waals surface area (Å²) in [7, 11) is 0. The van der Waals surface area contributed by atoms with Gasteiger partial charge in [0.1, 0.15) is 11.5 Å². The zero-order valence-corrected chi connectivity index (χ0v) is 22.7. The Morgan fingerprint density at radius 2 is 1.66 bits per heavy atom. The van der Waals surface area contributed by atoms with Crippen LogP contribution in [0, 0.1) is 0 Å². The van der Waals surface area contributed by atoms with Gasteiger partial charge in [-0.3, -0.25) is 0 Å². The van der Waals surface area contributed by atoms with E-state index in [0.29, 0.717) is 24.7 Å². The van der Waals surface area contributed by atoms with E-state index in [0.717, 1.165) is 55.0 Å². The molecule has 0 saturated heterocycles. The predicted molar refractivity (Wildman–Crippen MR) is 151 cm³/mol. The Balaban J connectivity index is 1.20. The number of benzene rings is 2. The van der Waals surface area contributed by atoms with Gasteiger partial charge in [0.15, 0.2) is 5.84 Å². The third kappa shape index (κ3) is 7.58. The molecule has 38 heavy (non-hydrogen) atoms. The largest absolute Gasteiger partial charge is 0.494 e. The Bertz CT molecular complexity index is 1280. The van der Waals surface area contributed by atoms with E-state index in [-0.39, 0.29) is 5.84 Å². The third-order valence-corrected chi connectivity index (χ3v) is 7.49. The van der Waals surface area contributed by atoms with Crippen molar-refractivity contribution in [3.63, 3.8) is 0 Å². The first-order valence-electron chi connectivity index (χ1n) is 12.9. The van der Waals surface area contributed by atoms with Crippen molar-refractivity contribution in [2.45, 2.75) is 52.0 Å². The Morgan fingerprint density at radius 3 is 2.24 bits per heavy atom. The topological polar surface area (TPSA) is 108 Å². The predicted octanol–water partition coefficient (Wildman–Crippen LogP) is 6.10. The fourth-order valence-corrected chi connectivity index (χ4v) is 4.99. The molecule has 0 spiro atoms. The SMILES string of the molecule is CC(C)c1nc(-c2ccc(OCCCCCOc3ccc(/C(N)=N/O)cc3)cc2)c(CCn2ccnc2)s1. The Morgan fingerprint density at radius 1 is 1.00 bits per heavy atom. The lowest BCUT2D eigenvalue weighted by Crippen LogP contribution is -2.12. The number of thiazole rings is 1. The molecule has 9 heteroatoms. The smallest absolute Gasteiger partial charge is 0.170 e. The van der Waals surface area contributed by atoms with Crippen molar-refractivity contribution in [2.75, 3.05) is 13.2 Å². The molecule has 4 aromatic rings. The fourth-order valence-electron chi connectivity index (χ4n) is 3.91. The maximum atomic E-state index is 8.72. The number of amidine groups is 1. The molecule has 3 N–H and O–H groups in total. The molecule has 0 bridgehead atoms. The molecule has 200 valence electrons. The van der Waals surface area contributed by atoms with Crippen molar-refractivity contribution < 1.29 is 14.7 Å². The Kier molecular flexibility index (Phi) is 9.75. The number of aromatic nitrogens is 3. The molecule has 0 aliphatic rings. The number of hydrogen-bond acceptors (Lipinski definition) is 7. The highest BCUT2D eigenvalue weighted by molar-refractivity contribution is 7.12.